The number of ether oxygens (including phenoxy) is 2. The normalized spacial score (nSPS) is 19.6. The van der Waals surface area contributed by atoms with Crippen LogP contribution in [-0.2, 0) is 21.7 Å². The lowest BCUT2D eigenvalue weighted by atomic mass is 9.36. The average Bonchev–Trinajstić information content (AvgIpc) is 3.08. The molecule has 9 rings (SSSR count). The number of hydrogen-bond donors (Lipinski definition) is 0. The highest BCUT2D eigenvalue weighted by Crippen LogP contribution is 2.48. The molecule has 0 radical (unpaired) electrons. The van der Waals surface area contributed by atoms with Crippen LogP contribution in [0.2, 0.25) is 0 Å². The van der Waals surface area contributed by atoms with Crippen LogP contribution in [0.5, 0.6) is 23.5 Å². The Bertz CT molecular complexity index is 2070. The van der Waals surface area contributed by atoms with E-state index in [0.29, 0.717) is 23.5 Å². The van der Waals surface area contributed by atoms with Gasteiger partial charge in [-0.1, -0.05) is 91.8 Å². The minimum Gasteiger partial charge on any atom is -0.422 e. The summed E-state index contributed by atoms with van der Waals surface area (Å²) in [7, 11) is 0. The van der Waals surface area contributed by atoms with Crippen molar-refractivity contribution in [3.05, 3.63) is 89.2 Å². The lowest BCUT2D eigenvalue weighted by Crippen LogP contribution is -2.58. The van der Waals surface area contributed by atoms with E-state index in [0.717, 1.165) is 51.7 Å². The first-order valence-corrected chi connectivity index (χ1v) is 17.8. The third kappa shape index (κ3) is 4.60. The first-order chi connectivity index (χ1) is 23.2. The van der Waals surface area contributed by atoms with Crippen molar-refractivity contribution < 1.29 is 9.47 Å². The molecule has 3 aromatic heterocycles. The molecule has 4 aliphatic rings. The van der Waals surface area contributed by atoms with E-state index in [-0.39, 0.29) is 28.4 Å². The Morgan fingerprint density at radius 2 is 0.898 bits per heavy atom. The molecule has 0 amide bonds. The largest absolute Gasteiger partial charge is 0.422 e. The maximum absolute atomic E-state index is 6.41. The van der Waals surface area contributed by atoms with E-state index in [9.17, 15) is 0 Å². The molecule has 5 heterocycles. The van der Waals surface area contributed by atoms with Crippen LogP contribution in [-0.4, -0.2) is 26.6 Å². The van der Waals surface area contributed by atoms with Crippen molar-refractivity contribution in [2.24, 2.45) is 0 Å². The molecule has 0 fully saturated rings. The van der Waals surface area contributed by atoms with E-state index < -0.39 is 0 Å². The second-order valence-corrected chi connectivity index (χ2v) is 17.3. The van der Waals surface area contributed by atoms with E-state index in [4.69, 9.17) is 19.4 Å². The van der Waals surface area contributed by atoms with E-state index in [1.807, 2.05) is 0 Å². The van der Waals surface area contributed by atoms with Crippen LogP contribution >= 0.6 is 0 Å². The molecular formula is C42H43BN4O2. The quantitative estimate of drug-likeness (QED) is 0.177. The topological polar surface area (TPSA) is 70.0 Å². The lowest BCUT2D eigenvalue weighted by molar-refractivity contribution is 0.332. The van der Waals surface area contributed by atoms with E-state index >= 15 is 0 Å². The summed E-state index contributed by atoms with van der Waals surface area (Å²) < 4.78 is 12.8. The van der Waals surface area contributed by atoms with Crippen LogP contribution in [0.15, 0.2) is 67.0 Å². The Morgan fingerprint density at radius 1 is 0.490 bits per heavy atom. The zero-order valence-corrected chi connectivity index (χ0v) is 29.9. The first-order valence-electron chi connectivity index (χ1n) is 17.8. The van der Waals surface area contributed by atoms with E-state index in [1.54, 1.807) is 0 Å². The Hall–Kier alpha value is -4.52. The smallest absolute Gasteiger partial charge is 0.269 e. The lowest BCUT2D eigenvalue weighted by Gasteiger charge is -2.42. The van der Waals surface area contributed by atoms with Gasteiger partial charge in [0.2, 0.25) is 23.5 Å². The van der Waals surface area contributed by atoms with Crippen molar-refractivity contribution in [1.82, 2.24) is 19.9 Å². The maximum atomic E-state index is 6.41. The summed E-state index contributed by atoms with van der Waals surface area (Å²) in [6.45, 7) is 18.7. The zero-order valence-electron chi connectivity index (χ0n) is 29.9. The summed E-state index contributed by atoms with van der Waals surface area (Å²) in [4.78, 5) is 19.3. The monoisotopic (exact) mass is 646 g/mol. The Labute approximate surface area is 289 Å². The molecule has 0 unspecified atom stereocenters. The van der Waals surface area contributed by atoms with Gasteiger partial charge >= 0.3 is 0 Å². The summed E-state index contributed by atoms with van der Waals surface area (Å²) in [5.41, 5.74) is 13.0. The fraction of sp³-hybridized carbons (Fsp3) is 0.381. The number of pyridine rings is 2. The van der Waals surface area contributed by atoms with Gasteiger partial charge in [0.25, 0.3) is 6.71 Å². The molecule has 0 saturated heterocycles. The van der Waals surface area contributed by atoms with Gasteiger partial charge in [-0.25, -0.2) is 19.9 Å². The predicted molar refractivity (Wildman–Crippen MR) is 197 cm³/mol. The van der Waals surface area contributed by atoms with Gasteiger partial charge in [0.1, 0.15) is 6.33 Å². The summed E-state index contributed by atoms with van der Waals surface area (Å²) >= 11 is 0. The third-order valence-corrected chi connectivity index (χ3v) is 12.2. The van der Waals surface area contributed by atoms with Crippen molar-refractivity contribution in [2.75, 3.05) is 0 Å². The molecule has 2 aliphatic carbocycles. The van der Waals surface area contributed by atoms with Crippen molar-refractivity contribution in [1.29, 1.82) is 0 Å². The summed E-state index contributed by atoms with van der Waals surface area (Å²) in [6, 6.07) is 22.3. The first kappa shape index (κ1) is 30.5. The number of hydrogen-bond acceptors (Lipinski definition) is 6. The summed E-state index contributed by atoms with van der Waals surface area (Å²) in [6.07, 6.45) is 6.20. The van der Waals surface area contributed by atoms with Gasteiger partial charge in [-0.3, -0.25) is 0 Å². The maximum Gasteiger partial charge on any atom is 0.269 e. The van der Waals surface area contributed by atoms with Crippen LogP contribution in [0.1, 0.15) is 103 Å². The molecule has 2 aliphatic heterocycles. The molecule has 0 bridgehead atoms. The molecule has 0 saturated carbocycles. The minimum absolute atomic E-state index is 0.112. The predicted octanol–water partition coefficient (Wildman–Crippen LogP) is 8.03. The van der Waals surface area contributed by atoms with Gasteiger partial charge in [0.05, 0.1) is 16.9 Å². The van der Waals surface area contributed by atoms with E-state index in [2.05, 4.69) is 126 Å². The highest BCUT2D eigenvalue weighted by atomic mass is 16.5. The number of fused-ring (bicyclic) bond motifs is 6. The van der Waals surface area contributed by atoms with Crippen LogP contribution in [0.25, 0.3) is 22.5 Å². The molecule has 5 aromatic rings. The molecule has 6 nitrogen and oxygen atoms in total. The standard InChI is InChI=1S/C42H43BN4O2/c1-39(2)17-19-41(5,6)28-21-24(9-11-26(28)39)32-15-13-30-35(46-32)48-37-34-38(45-23-44-37)49-36-31(43(30)34)14-16-33(47-36)25-10-12-27-29(22-25)42(7,8)20-18-40(27,3)4/h9-16,21-23H,17-20H2,1-8H3. The second kappa shape index (κ2) is 10.0. The van der Waals surface area contributed by atoms with Crippen LogP contribution in [0, 0.1) is 0 Å². The molecule has 49 heavy (non-hydrogen) atoms. The summed E-state index contributed by atoms with van der Waals surface area (Å²) in [5.74, 6) is 2.09. The number of nitrogens with zero attached hydrogens (tertiary/aromatic N) is 4. The number of benzene rings is 2. The van der Waals surface area contributed by atoms with Gasteiger partial charge in [-0.15, -0.1) is 0 Å². The number of rotatable bonds is 2. The Balaban J connectivity index is 1.12. The molecule has 0 spiro atoms. The molecule has 0 atom stereocenters. The molecule has 7 heteroatoms. The van der Waals surface area contributed by atoms with Gasteiger partial charge < -0.3 is 9.47 Å². The van der Waals surface area contributed by atoms with Gasteiger partial charge in [-0.2, -0.15) is 0 Å². The van der Waals surface area contributed by atoms with Gasteiger partial charge in [0.15, 0.2) is 0 Å². The highest BCUT2D eigenvalue weighted by molar-refractivity contribution is 6.98. The zero-order chi connectivity index (χ0) is 34.1. The number of aromatic nitrogens is 4. The van der Waals surface area contributed by atoms with Crippen molar-refractivity contribution in [2.45, 2.75) is 103 Å². The van der Waals surface area contributed by atoms with E-state index in [1.165, 1.54) is 41.4 Å². The summed E-state index contributed by atoms with van der Waals surface area (Å²) in [5, 5.41) is 0. The molecule has 2 aromatic carbocycles. The fourth-order valence-electron chi connectivity index (χ4n) is 8.76. The Morgan fingerprint density at radius 3 is 1.33 bits per heavy atom. The SMILES string of the molecule is CC1(C)CCC(C)(C)c2cc(-c3ccc4c(n3)Oc3ncnc5c3B4c3ccc(-c4ccc6c(c4)C(C)(C)CCC6(C)C)nc3O5)ccc21. The highest BCUT2D eigenvalue weighted by Gasteiger charge is 2.44. The van der Waals surface area contributed by atoms with Crippen molar-refractivity contribution >= 4 is 23.1 Å². The van der Waals surface area contributed by atoms with Crippen LogP contribution in [0.3, 0.4) is 0 Å². The van der Waals surface area contributed by atoms with Crippen molar-refractivity contribution in [3.8, 4) is 46.0 Å². The van der Waals surface area contributed by atoms with Crippen molar-refractivity contribution in [3.63, 3.8) is 0 Å². The minimum atomic E-state index is -0.201. The average molecular weight is 647 g/mol. The fourth-order valence-corrected chi connectivity index (χ4v) is 8.76. The van der Waals surface area contributed by atoms with Crippen LogP contribution in [0.4, 0.5) is 0 Å². The van der Waals surface area contributed by atoms with Gasteiger partial charge in [-0.05, 0) is 105 Å². The third-order valence-electron chi connectivity index (χ3n) is 12.2. The Kier molecular flexibility index (Phi) is 6.25. The van der Waals surface area contributed by atoms with Crippen LogP contribution < -0.4 is 25.9 Å². The molecule has 246 valence electrons. The van der Waals surface area contributed by atoms with Gasteiger partial charge in [0, 0.05) is 11.1 Å². The molecule has 0 N–H and O–H groups in total. The molecular weight excluding hydrogens is 603 g/mol. The second-order valence-electron chi connectivity index (χ2n) is 17.3.